The van der Waals surface area contributed by atoms with E-state index in [1.54, 1.807) is 18.5 Å². The molecule has 0 radical (unpaired) electrons. The first-order chi connectivity index (χ1) is 15.7. The molecule has 4 rings (SSSR count). The number of hydrogen-bond acceptors (Lipinski definition) is 9. The fourth-order valence-electron chi connectivity index (χ4n) is 2.98. The summed E-state index contributed by atoms with van der Waals surface area (Å²) < 4.78 is 46.4. The van der Waals surface area contributed by atoms with Crippen LogP contribution < -0.4 is 10.1 Å². The Hall–Kier alpha value is -3.51. The summed E-state index contributed by atoms with van der Waals surface area (Å²) >= 11 is 1.00. The Balaban J connectivity index is 1.57. The third kappa shape index (κ3) is 5.29. The van der Waals surface area contributed by atoms with E-state index in [1.807, 2.05) is 19.0 Å². The molecule has 12 heteroatoms. The quantitative estimate of drug-likeness (QED) is 0.515. The monoisotopic (exact) mass is 476 g/mol. The van der Waals surface area contributed by atoms with Crippen molar-refractivity contribution in [2.45, 2.75) is 6.18 Å². The van der Waals surface area contributed by atoms with E-state index >= 15 is 0 Å². The number of aromatic nitrogens is 3. The fourth-order valence-corrected chi connectivity index (χ4v) is 3.80. The van der Waals surface area contributed by atoms with Crippen LogP contribution in [0.1, 0.15) is 16.0 Å². The molecular formula is C21H19F3N6O2S. The first-order valence-electron chi connectivity index (χ1n) is 9.72. The average Bonchev–Trinajstić information content (AvgIpc) is 3.31. The second-order valence-electron chi connectivity index (χ2n) is 7.31. The lowest BCUT2D eigenvalue weighted by atomic mass is 10.1. The van der Waals surface area contributed by atoms with Crippen LogP contribution in [0.3, 0.4) is 0 Å². The number of alkyl halides is 3. The van der Waals surface area contributed by atoms with Gasteiger partial charge >= 0.3 is 6.18 Å². The number of rotatable bonds is 7. The van der Waals surface area contributed by atoms with Crippen LogP contribution in [0.2, 0.25) is 0 Å². The zero-order valence-corrected chi connectivity index (χ0v) is 18.4. The van der Waals surface area contributed by atoms with E-state index in [9.17, 15) is 18.3 Å². The fraction of sp³-hybridized carbons (Fsp3) is 0.238. The molecule has 1 aromatic carbocycles. The number of nitrogens with zero attached hydrogens (tertiary/aromatic N) is 5. The van der Waals surface area contributed by atoms with Gasteiger partial charge in [0.1, 0.15) is 18.7 Å². The number of thiazole rings is 1. The van der Waals surface area contributed by atoms with Gasteiger partial charge in [-0.2, -0.15) is 18.2 Å². The Morgan fingerprint density at radius 2 is 2.09 bits per heavy atom. The van der Waals surface area contributed by atoms with E-state index in [-0.39, 0.29) is 29.1 Å². The first-order valence-corrected chi connectivity index (χ1v) is 10.5. The number of nitrogens with one attached hydrogen (secondary N) is 1. The number of allylic oxidation sites excluding steroid dienone is 1. The van der Waals surface area contributed by atoms with Crippen LogP contribution >= 0.6 is 11.3 Å². The van der Waals surface area contributed by atoms with Gasteiger partial charge in [-0.15, -0.1) is 0 Å². The summed E-state index contributed by atoms with van der Waals surface area (Å²) in [5.74, 6) is 0.302. The lowest BCUT2D eigenvalue weighted by Crippen LogP contribution is -2.19. The zero-order chi connectivity index (χ0) is 23.6. The molecule has 1 aliphatic heterocycles. The number of aliphatic imine (C=N–C) groups is 1. The van der Waals surface area contributed by atoms with E-state index < -0.39 is 11.7 Å². The molecule has 3 aromatic rings. The SMILES string of the molecule is CN(C)CCOc1ccc(Nc2nc(O)c(C=C3C=Nc4ncncc43)s2)c(C(F)(F)F)c1. The van der Waals surface area contributed by atoms with Gasteiger partial charge < -0.3 is 20.1 Å². The predicted molar refractivity (Wildman–Crippen MR) is 121 cm³/mol. The molecule has 0 saturated heterocycles. The highest BCUT2D eigenvalue weighted by Gasteiger charge is 2.34. The van der Waals surface area contributed by atoms with Gasteiger partial charge in [-0.05, 0) is 38.4 Å². The Morgan fingerprint density at radius 3 is 2.85 bits per heavy atom. The predicted octanol–water partition coefficient (Wildman–Crippen LogP) is 4.60. The van der Waals surface area contributed by atoms with Crippen LogP contribution in [-0.4, -0.2) is 58.4 Å². The molecule has 0 saturated carbocycles. The Labute approximate surface area is 191 Å². The molecule has 3 heterocycles. The van der Waals surface area contributed by atoms with Crippen LogP contribution in [0.4, 0.5) is 29.8 Å². The molecule has 8 nitrogen and oxygen atoms in total. The maximum Gasteiger partial charge on any atom is 0.418 e. The number of aromatic hydroxyl groups is 1. The second kappa shape index (κ2) is 9.16. The summed E-state index contributed by atoms with van der Waals surface area (Å²) in [7, 11) is 3.69. The molecule has 0 amide bonds. The van der Waals surface area contributed by atoms with Crippen molar-refractivity contribution in [2.75, 3.05) is 32.6 Å². The van der Waals surface area contributed by atoms with Gasteiger partial charge in [-0.3, -0.25) is 0 Å². The molecule has 2 aromatic heterocycles. The highest BCUT2D eigenvalue weighted by molar-refractivity contribution is 7.16. The average molecular weight is 476 g/mol. The zero-order valence-electron chi connectivity index (χ0n) is 17.6. The van der Waals surface area contributed by atoms with Gasteiger partial charge in [0, 0.05) is 30.1 Å². The number of hydrogen-bond donors (Lipinski definition) is 2. The first kappa shape index (κ1) is 22.7. The third-order valence-electron chi connectivity index (χ3n) is 4.59. The van der Waals surface area contributed by atoms with Crippen LogP contribution in [0.15, 0.2) is 35.7 Å². The highest BCUT2D eigenvalue weighted by atomic mass is 32.1. The van der Waals surface area contributed by atoms with Crippen LogP contribution in [0.5, 0.6) is 11.6 Å². The van der Waals surface area contributed by atoms with Crippen molar-refractivity contribution >= 4 is 45.8 Å². The van der Waals surface area contributed by atoms with Crippen molar-refractivity contribution in [3.8, 4) is 11.6 Å². The molecule has 0 atom stereocenters. The largest absolute Gasteiger partial charge is 0.492 e. The molecule has 172 valence electrons. The van der Waals surface area contributed by atoms with Gasteiger partial charge in [0.25, 0.3) is 0 Å². The minimum absolute atomic E-state index is 0.102. The molecule has 0 bridgehead atoms. The molecule has 0 unspecified atom stereocenters. The van der Waals surface area contributed by atoms with Crippen LogP contribution in [0.25, 0.3) is 11.6 Å². The van der Waals surface area contributed by atoms with E-state index in [2.05, 4.69) is 25.3 Å². The molecule has 0 fully saturated rings. The van der Waals surface area contributed by atoms with Crippen molar-refractivity contribution in [2.24, 2.45) is 4.99 Å². The molecular weight excluding hydrogens is 457 g/mol. The van der Waals surface area contributed by atoms with Crippen molar-refractivity contribution < 1.29 is 23.0 Å². The summed E-state index contributed by atoms with van der Waals surface area (Å²) in [6.07, 6.45) is 1.56. The summed E-state index contributed by atoms with van der Waals surface area (Å²) in [6, 6.07) is 3.68. The number of fused-ring (bicyclic) bond motifs is 1. The van der Waals surface area contributed by atoms with Crippen LogP contribution in [0, 0.1) is 0 Å². The smallest absolute Gasteiger partial charge is 0.418 e. The molecule has 33 heavy (non-hydrogen) atoms. The summed E-state index contributed by atoms with van der Waals surface area (Å²) in [4.78, 5) is 18.3. The molecule has 2 N–H and O–H groups in total. The van der Waals surface area contributed by atoms with E-state index in [4.69, 9.17) is 4.74 Å². The second-order valence-corrected chi connectivity index (χ2v) is 8.34. The summed E-state index contributed by atoms with van der Waals surface area (Å²) in [6.45, 7) is 0.826. The minimum atomic E-state index is -4.61. The van der Waals surface area contributed by atoms with Gasteiger partial charge in [0.15, 0.2) is 10.9 Å². The maximum absolute atomic E-state index is 13.7. The van der Waals surface area contributed by atoms with E-state index in [1.165, 1.54) is 18.5 Å². The number of likely N-dealkylation sites (N-methyl/N-ethyl adjacent to an activating group) is 1. The van der Waals surface area contributed by atoms with Crippen molar-refractivity contribution in [1.29, 1.82) is 0 Å². The normalized spacial score (nSPS) is 14.2. The molecule has 0 spiro atoms. The van der Waals surface area contributed by atoms with Crippen molar-refractivity contribution in [3.05, 3.63) is 46.7 Å². The Bertz CT molecular complexity index is 1220. The topological polar surface area (TPSA) is 95.8 Å². The standard InChI is InChI=1S/C21H19F3N6O2S/c1-30(2)5-6-32-13-3-4-16(15(8-13)21(22,23)24)28-20-29-19(31)17(33-20)7-12-9-26-18-14(12)10-25-11-27-18/h3-4,7-11,31H,5-6H2,1-2H3,(H,28,29). The van der Waals surface area contributed by atoms with Gasteiger partial charge in [-0.1, -0.05) is 11.3 Å². The minimum Gasteiger partial charge on any atom is -0.492 e. The molecule has 0 aliphatic carbocycles. The number of ether oxygens (including phenoxy) is 1. The van der Waals surface area contributed by atoms with Crippen molar-refractivity contribution in [1.82, 2.24) is 19.9 Å². The Kier molecular flexibility index (Phi) is 6.29. The van der Waals surface area contributed by atoms with E-state index in [0.29, 0.717) is 28.4 Å². The lowest BCUT2D eigenvalue weighted by Gasteiger charge is -2.16. The van der Waals surface area contributed by atoms with Gasteiger partial charge in [0.05, 0.1) is 16.1 Å². The number of anilines is 2. The van der Waals surface area contributed by atoms with Crippen molar-refractivity contribution in [3.63, 3.8) is 0 Å². The maximum atomic E-state index is 13.7. The number of benzene rings is 1. The Morgan fingerprint density at radius 1 is 1.27 bits per heavy atom. The highest BCUT2D eigenvalue weighted by Crippen LogP contribution is 2.40. The third-order valence-corrected chi connectivity index (χ3v) is 5.50. The molecule has 1 aliphatic rings. The lowest BCUT2D eigenvalue weighted by molar-refractivity contribution is -0.137. The van der Waals surface area contributed by atoms with Gasteiger partial charge in [-0.25, -0.2) is 15.0 Å². The number of halogens is 3. The summed E-state index contributed by atoms with van der Waals surface area (Å²) in [5.41, 5.74) is 0.250. The van der Waals surface area contributed by atoms with Gasteiger partial charge in [0.2, 0.25) is 5.88 Å². The van der Waals surface area contributed by atoms with Crippen LogP contribution in [-0.2, 0) is 6.18 Å². The summed E-state index contributed by atoms with van der Waals surface area (Å²) in [5, 5.41) is 13.0. The van der Waals surface area contributed by atoms with E-state index in [0.717, 1.165) is 17.4 Å².